The minimum absolute atomic E-state index is 0.833. The number of nitrogens with zero attached hydrogens (tertiary/aromatic N) is 3. The van der Waals surface area contributed by atoms with Crippen molar-refractivity contribution in [1.82, 2.24) is 14.3 Å². The molecule has 0 aliphatic rings. The monoisotopic (exact) mass is 167 g/mol. The Balaban J connectivity index is 2.90. The van der Waals surface area contributed by atoms with Crippen molar-refractivity contribution in [3.8, 4) is 0 Å². The molecule has 0 amide bonds. The van der Waals surface area contributed by atoms with Gasteiger partial charge in [0, 0.05) is 18.0 Å². The number of fused-ring (bicyclic) bond motifs is 1. The van der Waals surface area contributed by atoms with E-state index < -0.39 is 0 Å². The van der Waals surface area contributed by atoms with E-state index in [0.717, 1.165) is 16.6 Å². The average Bonchev–Trinajstić information content (AvgIpc) is 2.31. The largest absolute Gasteiger partial charge is 0.253 e. The SMILES string of the molecule is Cc1ccnc2cn(Cl)nc12. The molecule has 0 aliphatic carbocycles. The van der Waals surface area contributed by atoms with Crippen molar-refractivity contribution in [2.24, 2.45) is 0 Å². The Morgan fingerprint density at radius 2 is 2.36 bits per heavy atom. The Kier molecular flexibility index (Phi) is 1.32. The molecule has 0 unspecified atom stereocenters. The summed E-state index contributed by atoms with van der Waals surface area (Å²) in [5, 5.41) is 4.03. The Morgan fingerprint density at radius 3 is 3.09 bits per heavy atom. The second-order valence-electron chi connectivity index (χ2n) is 2.38. The van der Waals surface area contributed by atoms with E-state index in [9.17, 15) is 0 Å². The molecule has 0 saturated carbocycles. The topological polar surface area (TPSA) is 30.7 Å². The summed E-state index contributed by atoms with van der Waals surface area (Å²) in [5.74, 6) is 0. The van der Waals surface area contributed by atoms with E-state index in [1.54, 1.807) is 12.4 Å². The van der Waals surface area contributed by atoms with Gasteiger partial charge >= 0.3 is 0 Å². The predicted molar refractivity (Wildman–Crippen MR) is 43.5 cm³/mol. The zero-order valence-corrected chi connectivity index (χ0v) is 6.71. The van der Waals surface area contributed by atoms with Gasteiger partial charge in [-0.2, -0.15) is 9.30 Å². The maximum atomic E-state index is 5.62. The highest BCUT2D eigenvalue weighted by Crippen LogP contribution is 2.13. The van der Waals surface area contributed by atoms with Gasteiger partial charge in [-0.15, -0.1) is 0 Å². The lowest BCUT2D eigenvalue weighted by molar-refractivity contribution is 1.01. The first-order chi connectivity index (χ1) is 5.27. The van der Waals surface area contributed by atoms with Crippen LogP contribution in [-0.2, 0) is 0 Å². The number of aryl methyl sites for hydroxylation is 1. The molecule has 2 aromatic heterocycles. The van der Waals surface area contributed by atoms with E-state index in [2.05, 4.69) is 10.1 Å². The second-order valence-corrected chi connectivity index (χ2v) is 2.73. The molecule has 0 fully saturated rings. The first-order valence-corrected chi connectivity index (χ1v) is 3.58. The molecule has 2 heterocycles. The Labute approximate surface area is 68.7 Å². The van der Waals surface area contributed by atoms with Gasteiger partial charge in [-0.25, -0.2) is 0 Å². The predicted octanol–water partition coefficient (Wildman–Crippen LogP) is 1.74. The lowest BCUT2D eigenvalue weighted by Crippen LogP contribution is -1.80. The highest BCUT2D eigenvalue weighted by Gasteiger charge is 2.01. The maximum absolute atomic E-state index is 5.62. The third-order valence-corrected chi connectivity index (χ3v) is 1.75. The van der Waals surface area contributed by atoms with Crippen LogP contribution in [0, 0.1) is 6.92 Å². The van der Waals surface area contributed by atoms with Crippen molar-refractivity contribution in [1.29, 1.82) is 0 Å². The van der Waals surface area contributed by atoms with Crippen LogP contribution in [0.4, 0.5) is 0 Å². The summed E-state index contributed by atoms with van der Waals surface area (Å²) in [6.45, 7) is 1.98. The highest BCUT2D eigenvalue weighted by molar-refractivity contribution is 6.15. The molecule has 0 radical (unpaired) electrons. The van der Waals surface area contributed by atoms with Crippen LogP contribution in [0.1, 0.15) is 5.56 Å². The van der Waals surface area contributed by atoms with Crippen molar-refractivity contribution in [2.75, 3.05) is 0 Å². The normalized spacial score (nSPS) is 10.7. The molecule has 3 nitrogen and oxygen atoms in total. The zero-order valence-electron chi connectivity index (χ0n) is 5.95. The molecule has 0 aromatic carbocycles. The Hall–Kier alpha value is -1.09. The summed E-state index contributed by atoms with van der Waals surface area (Å²) in [4.78, 5) is 4.10. The number of halogens is 1. The number of hydrogen-bond acceptors (Lipinski definition) is 2. The molecular formula is C7H6ClN3. The van der Waals surface area contributed by atoms with E-state index in [1.807, 2.05) is 13.0 Å². The number of hydrogen-bond donors (Lipinski definition) is 0. The van der Waals surface area contributed by atoms with Gasteiger partial charge in [0.05, 0.1) is 6.20 Å². The molecule has 0 N–H and O–H groups in total. The molecule has 0 aliphatic heterocycles. The van der Waals surface area contributed by atoms with Crippen LogP contribution >= 0.6 is 11.8 Å². The van der Waals surface area contributed by atoms with Crippen molar-refractivity contribution in [2.45, 2.75) is 6.92 Å². The third-order valence-electron chi connectivity index (χ3n) is 1.58. The summed E-state index contributed by atoms with van der Waals surface area (Å²) in [6, 6.07) is 1.91. The van der Waals surface area contributed by atoms with E-state index >= 15 is 0 Å². The summed E-state index contributed by atoms with van der Waals surface area (Å²) < 4.78 is 1.25. The number of aromatic nitrogens is 3. The molecule has 2 aromatic rings. The van der Waals surface area contributed by atoms with E-state index in [0.29, 0.717) is 0 Å². The molecule has 0 bridgehead atoms. The van der Waals surface area contributed by atoms with Gasteiger partial charge in [-0.1, -0.05) is 0 Å². The summed E-state index contributed by atoms with van der Waals surface area (Å²) >= 11 is 5.62. The van der Waals surface area contributed by atoms with Crippen LogP contribution in [0.25, 0.3) is 11.0 Å². The quantitative estimate of drug-likeness (QED) is 0.599. The molecule has 0 spiro atoms. The van der Waals surface area contributed by atoms with Crippen LogP contribution < -0.4 is 0 Å². The van der Waals surface area contributed by atoms with Crippen molar-refractivity contribution in [3.63, 3.8) is 0 Å². The first kappa shape index (κ1) is 6.61. The van der Waals surface area contributed by atoms with Crippen LogP contribution in [0.15, 0.2) is 18.5 Å². The van der Waals surface area contributed by atoms with E-state index in [1.165, 1.54) is 4.20 Å². The molecule has 0 saturated heterocycles. The fourth-order valence-corrected chi connectivity index (χ4v) is 1.19. The van der Waals surface area contributed by atoms with Crippen LogP contribution in [0.3, 0.4) is 0 Å². The maximum Gasteiger partial charge on any atom is 0.115 e. The fourth-order valence-electron chi connectivity index (χ4n) is 1.02. The zero-order chi connectivity index (χ0) is 7.84. The van der Waals surface area contributed by atoms with E-state index in [-0.39, 0.29) is 0 Å². The molecule has 11 heavy (non-hydrogen) atoms. The van der Waals surface area contributed by atoms with Gasteiger partial charge in [0.2, 0.25) is 0 Å². The lowest BCUT2D eigenvalue weighted by Gasteiger charge is -1.89. The van der Waals surface area contributed by atoms with E-state index in [4.69, 9.17) is 11.8 Å². The van der Waals surface area contributed by atoms with Crippen molar-refractivity contribution < 1.29 is 0 Å². The minimum Gasteiger partial charge on any atom is -0.253 e. The van der Waals surface area contributed by atoms with Crippen LogP contribution in [-0.4, -0.2) is 14.3 Å². The number of pyridine rings is 1. The smallest absolute Gasteiger partial charge is 0.115 e. The van der Waals surface area contributed by atoms with Gasteiger partial charge in [-0.05, 0) is 18.6 Å². The van der Waals surface area contributed by atoms with Gasteiger partial charge in [0.15, 0.2) is 0 Å². The van der Waals surface area contributed by atoms with Crippen LogP contribution in [0.2, 0.25) is 0 Å². The Morgan fingerprint density at radius 1 is 1.55 bits per heavy atom. The number of rotatable bonds is 0. The lowest BCUT2D eigenvalue weighted by atomic mass is 10.2. The standard InChI is InChI=1S/C7H6ClN3/c1-5-2-3-9-6-4-11(8)10-7(5)6/h2-4H,1H3. The summed E-state index contributed by atoms with van der Waals surface area (Å²) in [7, 11) is 0. The molecular weight excluding hydrogens is 162 g/mol. The van der Waals surface area contributed by atoms with Crippen molar-refractivity contribution >= 4 is 22.8 Å². The summed E-state index contributed by atoms with van der Waals surface area (Å²) in [5.41, 5.74) is 2.79. The van der Waals surface area contributed by atoms with Gasteiger partial charge in [0.25, 0.3) is 0 Å². The van der Waals surface area contributed by atoms with Gasteiger partial charge < -0.3 is 0 Å². The second kappa shape index (κ2) is 2.20. The highest BCUT2D eigenvalue weighted by atomic mass is 35.5. The Bertz CT molecular complexity index is 393. The molecule has 2 rings (SSSR count). The summed E-state index contributed by atoms with van der Waals surface area (Å²) in [6.07, 6.45) is 3.43. The molecule has 0 atom stereocenters. The van der Waals surface area contributed by atoms with Gasteiger partial charge in [-0.3, -0.25) is 4.98 Å². The first-order valence-electron chi connectivity index (χ1n) is 3.24. The average molecular weight is 168 g/mol. The van der Waals surface area contributed by atoms with Crippen LogP contribution in [0.5, 0.6) is 0 Å². The van der Waals surface area contributed by atoms with Crippen molar-refractivity contribution in [3.05, 3.63) is 24.0 Å². The third kappa shape index (κ3) is 0.973. The molecule has 56 valence electrons. The molecule has 4 heteroatoms. The van der Waals surface area contributed by atoms with Gasteiger partial charge in [0.1, 0.15) is 11.0 Å². The fraction of sp³-hybridized carbons (Fsp3) is 0.143. The minimum atomic E-state index is 0.833.